The molecule has 2 aromatic heterocycles. The molecule has 0 unspecified atom stereocenters. The van der Waals surface area contributed by atoms with Crippen molar-refractivity contribution in [3.05, 3.63) is 66.5 Å². The molecule has 3 aromatic carbocycles. The van der Waals surface area contributed by atoms with Crippen molar-refractivity contribution in [1.29, 1.82) is 0 Å². The number of nitrogens with zero attached hydrogens (tertiary/aromatic N) is 2. The monoisotopic (exact) mass is 457 g/mol. The molecule has 2 nitrogen and oxygen atoms in total. The predicted molar refractivity (Wildman–Crippen MR) is 144 cm³/mol. The molecule has 4 heteroatoms. The van der Waals surface area contributed by atoms with Crippen LogP contribution >= 0.6 is 11.3 Å². The highest BCUT2D eigenvalue weighted by Crippen LogP contribution is 2.39. The van der Waals surface area contributed by atoms with Gasteiger partial charge in [-0.2, -0.15) is 0 Å². The number of aromatic nitrogens is 2. The van der Waals surface area contributed by atoms with Gasteiger partial charge in [0.1, 0.15) is 7.67 Å². The van der Waals surface area contributed by atoms with Gasteiger partial charge in [0, 0.05) is 18.4 Å². The first-order valence-corrected chi connectivity index (χ1v) is 15.3. The van der Waals surface area contributed by atoms with Gasteiger partial charge in [0.2, 0.25) is 0 Å². The lowest BCUT2D eigenvalue weighted by atomic mass is 9.88. The van der Waals surface area contributed by atoms with Crippen LogP contribution < -0.4 is 5.19 Å². The Labute approximate surface area is 199 Å². The second-order valence-corrected chi connectivity index (χ2v) is 16.6. The minimum absolute atomic E-state index is 0.00371. The minimum Gasteiger partial charge on any atom is -0.235 e. The molecule has 0 spiro atoms. The van der Waals surface area contributed by atoms with E-state index >= 15 is 0 Å². The first-order valence-electron chi connectivity index (χ1n) is 12.5. The quantitative estimate of drug-likeness (QED) is 0.258. The molecule has 0 bridgehead atoms. The van der Waals surface area contributed by atoms with Crippen LogP contribution in [0.4, 0.5) is 0 Å². The Kier molecular flexibility index (Phi) is 4.20. The fourth-order valence-electron chi connectivity index (χ4n) is 4.30. The second-order valence-electron chi connectivity index (χ2n) is 10.5. The summed E-state index contributed by atoms with van der Waals surface area (Å²) in [5.41, 5.74) is 2.70. The van der Waals surface area contributed by atoms with Gasteiger partial charge in [-0.05, 0) is 40.3 Å². The van der Waals surface area contributed by atoms with Crippen molar-refractivity contribution in [3.8, 4) is 11.3 Å². The summed E-state index contributed by atoms with van der Waals surface area (Å²) >= 11 is 1.59. The number of fused-ring (bicyclic) bond motifs is 4. The summed E-state index contributed by atoms with van der Waals surface area (Å²) in [6, 6.07) is 18.7. The van der Waals surface area contributed by atoms with Crippen molar-refractivity contribution >= 4 is 55.7 Å². The average Bonchev–Trinajstić information content (AvgIpc) is 3.14. The van der Waals surface area contributed by atoms with E-state index in [0.717, 1.165) is 31.6 Å². The SMILES string of the molecule is [2H]c1nc(-c2cc([Si](C)(C)C)c3ccccc3c2)c2sc3cc(C([2H])([2H])C(C)(C)C)ccc3c2n1. The number of hydrogen-bond acceptors (Lipinski definition) is 3. The van der Waals surface area contributed by atoms with E-state index in [-0.39, 0.29) is 6.30 Å². The van der Waals surface area contributed by atoms with E-state index < -0.39 is 19.9 Å². The van der Waals surface area contributed by atoms with E-state index in [4.69, 9.17) is 4.11 Å². The van der Waals surface area contributed by atoms with Crippen LogP contribution in [0, 0.1) is 5.41 Å². The van der Waals surface area contributed by atoms with E-state index in [1.54, 1.807) is 11.3 Å². The van der Waals surface area contributed by atoms with E-state index in [2.05, 4.69) is 66.0 Å². The smallest absolute Gasteiger partial charge is 0.116 e. The maximum atomic E-state index is 8.72. The number of thiophene rings is 1. The Morgan fingerprint density at radius 3 is 2.50 bits per heavy atom. The minimum atomic E-state index is -1.65. The third-order valence-electron chi connectivity index (χ3n) is 5.67. The van der Waals surface area contributed by atoms with Gasteiger partial charge in [-0.3, -0.25) is 0 Å². The molecule has 0 saturated carbocycles. The lowest BCUT2D eigenvalue weighted by Crippen LogP contribution is -2.38. The number of hydrogen-bond donors (Lipinski definition) is 0. The van der Waals surface area contributed by atoms with Crippen LogP contribution in [-0.2, 0) is 6.37 Å². The van der Waals surface area contributed by atoms with Gasteiger partial charge in [-0.25, -0.2) is 9.97 Å². The fourth-order valence-corrected chi connectivity index (χ4v) is 7.12. The van der Waals surface area contributed by atoms with Gasteiger partial charge >= 0.3 is 0 Å². The number of benzene rings is 3. The zero-order valence-corrected chi connectivity index (χ0v) is 21.3. The first kappa shape index (κ1) is 17.9. The molecule has 0 aliphatic heterocycles. The summed E-state index contributed by atoms with van der Waals surface area (Å²) in [4.78, 5) is 9.12. The zero-order chi connectivity index (χ0) is 25.3. The summed E-state index contributed by atoms with van der Waals surface area (Å²) in [6.07, 6.45) is -1.47. The average molecular weight is 458 g/mol. The van der Waals surface area contributed by atoms with E-state index in [9.17, 15) is 0 Å². The summed E-state index contributed by atoms with van der Waals surface area (Å²) in [7, 11) is -1.65. The normalized spacial score (nSPS) is 14.6. The van der Waals surface area contributed by atoms with Gasteiger partial charge in [-0.1, -0.05) is 88.1 Å². The third-order valence-corrected chi connectivity index (χ3v) is 8.84. The predicted octanol–water partition coefficient (Wildman–Crippen LogP) is 7.80. The lowest BCUT2D eigenvalue weighted by molar-refractivity contribution is 0.411. The lowest BCUT2D eigenvalue weighted by Gasteiger charge is -2.21. The largest absolute Gasteiger partial charge is 0.235 e. The standard InChI is InChI=1S/C28H30N2SSi/c1-28(2,3)16-18-11-12-22-23(13-18)31-27-25(29-17-30-26(22)27)20-14-19-9-7-8-10-21(19)24(15-20)32(4,5)6/h7-15,17H,16H2,1-6H3/i16D2,17D. The molecular formula is C28H30N2SSi. The Morgan fingerprint density at radius 2 is 1.75 bits per heavy atom. The molecule has 0 atom stereocenters. The summed E-state index contributed by atoms with van der Waals surface area (Å²) in [5.74, 6) is 0. The van der Waals surface area contributed by atoms with Crippen LogP contribution in [0.3, 0.4) is 0 Å². The molecule has 5 rings (SSSR count). The Balaban J connectivity index is 1.80. The molecule has 0 aliphatic carbocycles. The Hall–Kier alpha value is -2.56. The van der Waals surface area contributed by atoms with Gasteiger partial charge < -0.3 is 0 Å². The molecule has 0 N–H and O–H groups in total. The molecule has 162 valence electrons. The molecule has 0 aliphatic rings. The van der Waals surface area contributed by atoms with Gasteiger partial charge in [0.05, 0.1) is 24.0 Å². The first-order chi connectivity index (χ1) is 16.3. The fraction of sp³-hybridized carbons (Fsp3) is 0.286. The molecule has 32 heavy (non-hydrogen) atoms. The second kappa shape index (κ2) is 7.50. The highest BCUT2D eigenvalue weighted by Gasteiger charge is 2.22. The van der Waals surface area contributed by atoms with E-state index in [1.807, 2.05) is 39.0 Å². The number of rotatable bonds is 3. The van der Waals surface area contributed by atoms with Crippen LogP contribution in [0.15, 0.2) is 60.9 Å². The highest BCUT2D eigenvalue weighted by molar-refractivity contribution is 7.26. The van der Waals surface area contributed by atoms with Gasteiger partial charge in [-0.15, -0.1) is 11.3 Å². The van der Waals surface area contributed by atoms with Crippen molar-refractivity contribution in [3.63, 3.8) is 0 Å². The Bertz CT molecular complexity index is 1610. The van der Waals surface area contributed by atoms with Crippen molar-refractivity contribution in [1.82, 2.24) is 9.97 Å². The van der Waals surface area contributed by atoms with Crippen LogP contribution in [0.25, 0.3) is 42.3 Å². The van der Waals surface area contributed by atoms with Crippen LogP contribution in [0.5, 0.6) is 0 Å². The zero-order valence-electron chi connectivity index (χ0n) is 22.5. The molecular weight excluding hydrogens is 424 g/mol. The summed E-state index contributed by atoms with van der Waals surface area (Å²) < 4.78 is 27.7. The maximum Gasteiger partial charge on any atom is 0.116 e. The van der Waals surface area contributed by atoms with E-state index in [0.29, 0.717) is 5.56 Å². The van der Waals surface area contributed by atoms with Crippen LogP contribution in [0.1, 0.15) is 30.4 Å². The van der Waals surface area contributed by atoms with Crippen LogP contribution in [-0.4, -0.2) is 18.0 Å². The highest BCUT2D eigenvalue weighted by atomic mass is 32.1. The molecule has 2 heterocycles. The van der Waals surface area contributed by atoms with Crippen LogP contribution in [0.2, 0.25) is 19.6 Å². The topological polar surface area (TPSA) is 25.8 Å². The molecule has 0 saturated heterocycles. The molecule has 5 aromatic rings. The van der Waals surface area contributed by atoms with E-state index in [1.165, 1.54) is 16.0 Å². The van der Waals surface area contributed by atoms with Crippen molar-refractivity contribution in [2.24, 2.45) is 5.41 Å². The van der Waals surface area contributed by atoms with Crippen molar-refractivity contribution in [2.75, 3.05) is 0 Å². The molecule has 0 radical (unpaired) electrons. The Morgan fingerprint density at radius 1 is 0.969 bits per heavy atom. The van der Waals surface area contributed by atoms with Gasteiger partial charge in [0.25, 0.3) is 0 Å². The molecule has 0 amide bonds. The van der Waals surface area contributed by atoms with Crippen molar-refractivity contribution < 1.29 is 4.11 Å². The van der Waals surface area contributed by atoms with Gasteiger partial charge in [0.15, 0.2) is 0 Å². The molecule has 0 fully saturated rings. The van der Waals surface area contributed by atoms with Crippen molar-refractivity contribution in [2.45, 2.75) is 46.8 Å². The third kappa shape index (κ3) is 3.87. The maximum absolute atomic E-state index is 8.72. The summed E-state index contributed by atoms with van der Waals surface area (Å²) in [5, 5.41) is 4.80. The summed E-state index contributed by atoms with van der Waals surface area (Å²) in [6.45, 7) is 12.8.